The summed E-state index contributed by atoms with van der Waals surface area (Å²) in [5, 5.41) is 9.12. The van der Waals surface area contributed by atoms with Crippen LogP contribution in [0.1, 0.15) is 21.5 Å². The molecule has 1 aliphatic rings. The van der Waals surface area contributed by atoms with Gasteiger partial charge < -0.3 is 15.7 Å². The first kappa shape index (κ1) is 12.5. The van der Waals surface area contributed by atoms with Crippen molar-refractivity contribution in [3.8, 4) is 0 Å². The smallest absolute Gasteiger partial charge is 0.337 e. The van der Waals surface area contributed by atoms with Gasteiger partial charge in [-0.3, -0.25) is 0 Å². The first-order chi connectivity index (χ1) is 9.65. The Morgan fingerprint density at radius 1 is 1.25 bits per heavy atom. The van der Waals surface area contributed by atoms with Crippen LogP contribution in [0.15, 0.2) is 42.5 Å². The summed E-state index contributed by atoms with van der Waals surface area (Å²) in [4.78, 5) is 13.4. The molecule has 0 saturated carbocycles. The number of hydrogen-bond donors (Lipinski definition) is 2. The maximum absolute atomic E-state index is 11.1. The Balaban J connectivity index is 1.86. The van der Waals surface area contributed by atoms with Crippen LogP contribution in [0.2, 0.25) is 0 Å². The topological polar surface area (TPSA) is 66.6 Å². The average molecular weight is 268 g/mol. The van der Waals surface area contributed by atoms with Gasteiger partial charge in [-0.1, -0.05) is 24.3 Å². The van der Waals surface area contributed by atoms with Gasteiger partial charge in [-0.15, -0.1) is 0 Å². The maximum atomic E-state index is 11.1. The van der Waals surface area contributed by atoms with Crippen LogP contribution in [-0.2, 0) is 13.0 Å². The van der Waals surface area contributed by atoms with Crippen molar-refractivity contribution >= 4 is 17.3 Å². The van der Waals surface area contributed by atoms with Crippen LogP contribution in [0.3, 0.4) is 0 Å². The van der Waals surface area contributed by atoms with E-state index in [4.69, 9.17) is 10.8 Å². The predicted octanol–water partition coefficient (Wildman–Crippen LogP) is 2.53. The third-order valence-electron chi connectivity index (χ3n) is 3.70. The molecule has 4 nitrogen and oxygen atoms in total. The van der Waals surface area contributed by atoms with Gasteiger partial charge in [0.05, 0.1) is 5.56 Å². The van der Waals surface area contributed by atoms with E-state index in [0.29, 0.717) is 12.2 Å². The Kier molecular flexibility index (Phi) is 3.06. The number of nitrogen functional groups attached to an aromatic ring is 1. The molecule has 0 radical (unpaired) electrons. The highest BCUT2D eigenvalue weighted by Gasteiger charge is 2.19. The fraction of sp³-hybridized carbons (Fsp3) is 0.188. The number of nitrogens with zero attached hydrogens (tertiary/aromatic N) is 1. The van der Waals surface area contributed by atoms with Gasteiger partial charge in [-0.2, -0.15) is 0 Å². The van der Waals surface area contributed by atoms with Crippen LogP contribution < -0.4 is 10.6 Å². The van der Waals surface area contributed by atoms with Gasteiger partial charge in [-0.05, 0) is 35.7 Å². The normalized spacial score (nSPS) is 13.3. The number of fused-ring (bicyclic) bond motifs is 1. The van der Waals surface area contributed by atoms with Crippen molar-refractivity contribution in [1.29, 1.82) is 0 Å². The monoisotopic (exact) mass is 268 g/mol. The van der Waals surface area contributed by atoms with E-state index >= 15 is 0 Å². The number of benzene rings is 2. The molecular weight excluding hydrogens is 252 g/mol. The lowest BCUT2D eigenvalue weighted by molar-refractivity contribution is 0.0698. The summed E-state index contributed by atoms with van der Waals surface area (Å²) in [7, 11) is 0. The molecule has 0 unspecified atom stereocenters. The first-order valence-electron chi connectivity index (χ1n) is 6.59. The molecule has 2 aromatic rings. The Hall–Kier alpha value is -2.49. The van der Waals surface area contributed by atoms with Gasteiger partial charge in [0.15, 0.2) is 0 Å². The standard InChI is InChI=1S/C16H16N2O2/c17-14-6-5-11(9-13(14)16(19)20)10-18-8-7-12-3-1-2-4-15(12)18/h1-6,9H,7-8,10,17H2,(H,19,20). The van der Waals surface area contributed by atoms with Crippen molar-refractivity contribution in [3.63, 3.8) is 0 Å². The Morgan fingerprint density at radius 3 is 2.85 bits per heavy atom. The van der Waals surface area contributed by atoms with Crippen LogP contribution in [-0.4, -0.2) is 17.6 Å². The minimum absolute atomic E-state index is 0.176. The van der Waals surface area contributed by atoms with Crippen LogP contribution in [0.25, 0.3) is 0 Å². The van der Waals surface area contributed by atoms with Crippen molar-refractivity contribution in [2.24, 2.45) is 0 Å². The minimum atomic E-state index is -0.980. The number of carboxylic acids is 1. The SMILES string of the molecule is Nc1ccc(CN2CCc3ccccc32)cc1C(=O)O. The van der Waals surface area contributed by atoms with E-state index in [0.717, 1.165) is 18.5 Å². The summed E-state index contributed by atoms with van der Waals surface area (Å²) in [6.07, 6.45) is 1.04. The first-order valence-corrected chi connectivity index (χ1v) is 6.59. The zero-order chi connectivity index (χ0) is 14.1. The number of nitrogens with two attached hydrogens (primary N) is 1. The number of para-hydroxylation sites is 1. The van der Waals surface area contributed by atoms with Crippen LogP contribution in [0.5, 0.6) is 0 Å². The summed E-state index contributed by atoms with van der Waals surface area (Å²) in [5.41, 5.74) is 9.72. The van der Waals surface area contributed by atoms with Gasteiger partial charge in [0.1, 0.15) is 0 Å². The molecule has 0 saturated heterocycles. The molecule has 0 fully saturated rings. The van der Waals surface area contributed by atoms with Gasteiger partial charge in [-0.25, -0.2) is 4.79 Å². The second-order valence-corrected chi connectivity index (χ2v) is 5.03. The summed E-state index contributed by atoms with van der Waals surface area (Å²) in [6.45, 7) is 1.67. The van der Waals surface area contributed by atoms with Crippen molar-refractivity contribution < 1.29 is 9.90 Å². The molecule has 2 aromatic carbocycles. The van der Waals surface area contributed by atoms with Crippen molar-refractivity contribution in [1.82, 2.24) is 0 Å². The number of rotatable bonds is 3. The molecule has 4 heteroatoms. The molecule has 0 spiro atoms. The van der Waals surface area contributed by atoms with E-state index < -0.39 is 5.97 Å². The average Bonchev–Trinajstić information content (AvgIpc) is 2.84. The highest BCUT2D eigenvalue weighted by Crippen LogP contribution is 2.29. The van der Waals surface area contributed by atoms with E-state index in [9.17, 15) is 4.79 Å². The highest BCUT2D eigenvalue weighted by molar-refractivity contribution is 5.93. The number of hydrogen-bond acceptors (Lipinski definition) is 3. The van der Waals surface area contributed by atoms with Gasteiger partial charge in [0.25, 0.3) is 0 Å². The number of aromatic carboxylic acids is 1. The molecule has 1 heterocycles. The van der Waals surface area contributed by atoms with E-state index in [1.807, 2.05) is 18.2 Å². The quantitative estimate of drug-likeness (QED) is 0.839. The summed E-state index contributed by atoms with van der Waals surface area (Å²) in [5.74, 6) is -0.980. The van der Waals surface area contributed by atoms with Crippen LogP contribution in [0, 0.1) is 0 Å². The molecule has 3 N–H and O–H groups in total. The molecule has 0 aliphatic carbocycles. The van der Waals surface area contributed by atoms with E-state index in [1.165, 1.54) is 11.3 Å². The lowest BCUT2D eigenvalue weighted by Gasteiger charge is -2.19. The molecule has 20 heavy (non-hydrogen) atoms. The maximum Gasteiger partial charge on any atom is 0.337 e. The van der Waals surface area contributed by atoms with Gasteiger partial charge in [0.2, 0.25) is 0 Å². The predicted molar refractivity (Wildman–Crippen MR) is 79.0 cm³/mol. The van der Waals surface area contributed by atoms with Crippen molar-refractivity contribution in [3.05, 3.63) is 59.2 Å². The molecule has 0 aromatic heterocycles. The molecule has 0 atom stereocenters. The van der Waals surface area contributed by atoms with Crippen LogP contribution in [0.4, 0.5) is 11.4 Å². The van der Waals surface area contributed by atoms with Gasteiger partial charge in [0, 0.05) is 24.5 Å². The molecule has 102 valence electrons. The number of anilines is 2. The Morgan fingerprint density at radius 2 is 2.05 bits per heavy atom. The van der Waals surface area contributed by atoms with Crippen LogP contribution >= 0.6 is 0 Å². The summed E-state index contributed by atoms with van der Waals surface area (Å²) >= 11 is 0. The highest BCUT2D eigenvalue weighted by atomic mass is 16.4. The van der Waals surface area contributed by atoms with Crippen molar-refractivity contribution in [2.45, 2.75) is 13.0 Å². The Labute approximate surface area is 117 Å². The molecule has 0 amide bonds. The molecular formula is C16H16N2O2. The molecule has 1 aliphatic heterocycles. The minimum Gasteiger partial charge on any atom is -0.478 e. The number of carboxylic acid groups (broad SMARTS) is 1. The van der Waals surface area contributed by atoms with Gasteiger partial charge >= 0.3 is 5.97 Å². The Bertz CT molecular complexity index is 667. The third kappa shape index (κ3) is 2.20. The second kappa shape index (κ2) is 4.89. The molecule has 3 rings (SSSR count). The zero-order valence-electron chi connectivity index (χ0n) is 11.0. The zero-order valence-corrected chi connectivity index (χ0v) is 11.0. The fourth-order valence-electron chi connectivity index (χ4n) is 2.68. The lowest BCUT2D eigenvalue weighted by Crippen LogP contribution is -2.20. The second-order valence-electron chi connectivity index (χ2n) is 5.03. The summed E-state index contributed by atoms with van der Waals surface area (Å²) in [6, 6.07) is 13.6. The largest absolute Gasteiger partial charge is 0.478 e. The number of carbonyl (C=O) groups is 1. The lowest BCUT2D eigenvalue weighted by atomic mass is 10.1. The van der Waals surface area contributed by atoms with Crippen molar-refractivity contribution in [2.75, 3.05) is 17.2 Å². The fourth-order valence-corrected chi connectivity index (χ4v) is 2.68. The van der Waals surface area contributed by atoms with E-state index in [1.54, 1.807) is 12.1 Å². The molecule has 0 bridgehead atoms. The van der Waals surface area contributed by atoms with E-state index in [-0.39, 0.29) is 5.56 Å². The summed E-state index contributed by atoms with van der Waals surface area (Å²) < 4.78 is 0. The van der Waals surface area contributed by atoms with E-state index in [2.05, 4.69) is 17.0 Å². The third-order valence-corrected chi connectivity index (χ3v) is 3.70.